The minimum absolute atomic E-state index is 0.0835. The van der Waals surface area contributed by atoms with E-state index in [0.29, 0.717) is 12.5 Å². The molecule has 2 N–H and O–H groups in total. The van der Waals surface area contributed by atoms with Crippen LogP contribution in [0.1, 0.15) is 6.42 Å². The van der Waals surface area contributed by atoms with Crippen molar-refractivity contribution in [3.63, 3.8) is 0 Å². The second kappa shape index (κ2) is 9.74. The molecule has 1 heterocycles. The van der Waals surface area contributed by atoms with Crippen molar-refractivity contribution in [2.45, 2.75) is 11.3 Å². The zero-order chi connectivity index (χ0) is 18.2. The van der Waals surface area contributed by atoms with Gasteiger partial charge in [-0.15, -0.1) is 11.8 Å². The molecular formula is C20H24ClN3OS. The summed E-state index contributed by atoms with van der Waals surface area (Å²) in [6.45, 7) is 3.41. The lowest BCUT2D eigenvalue weighted by molar-refractivity contribution is 0.240. The number of para-hydroxylation sites is 1. The molecule has 6 heteroatoms. The summed E-state index contributed by atoms with van der Waals surface area (Å²) in [6.07, 6.45) is 1.11. The summed E-state index contributed by atoms with van der Waals surface area (Å²) < 4.78 is 0. The van der Waals surface area contributed by atoms with Gasteiger partial charge in [0.25, 0.3) is 0 Å². The third-order valence-electron chi connectivity index (χ3n) is 4.43. The molecule has 0 aromatic heterocycles. The molecule has 1 aliphatic rings. The fourth-order valence-corrected chi connectivity index (χ4v) is 3.93. The summed E-state index contributed by atoms with van der Waals surface area (Å²) in [6, 6.07) is 18.1. The molecule has 2 aromatic carbocycles. The Morgan fingerprint density at radius 1 is 1.12 bits per heavy atom. The van der Waals surface area contributed by atoms with Gasteiger partial charge in [0.15, 0.2) is 0 Å². The summed E-state index contributed by atoms with van der Waals surface area (Å²) in [4.78, 5) is 15.5. The third-order valence-corrected chi connectivity index (χ3v) is 5.69. The number of halogens is 1. The van der Waals surface area contributed by atoms with Gasteiger partial charge in [-0.2, -0.15) is 0 Å². The zero-order valence-corrected chi connectivity index (χ0v) is 16.2. The number of carbonyl (C=O) groups excluding carboxylic acids is 1. The minimum atomic E-state index is -0.0835. The lowest BCUT2D eigenvalue weighted by Crippen LogP contribution is -2.39. The van der Waals surface area contributed by atoms with Crippen molar-refractivity contribution in [2.24, 2.45) is 5.92 Å². The SMILES string of the molecule is O=C(NCCSc1ccc(Cl)cc1)NCC1CCN(c2ccccc2)C1. The minimum Gasteiger partial charge on any atom is -0.371 e. The van der Waals surface area contributed by atoms with Crippen molar-refractivity contribution in [1.29, 1.82) is 0 Å². The van der Waals surface area contributed by atoms with Crippen molar-refractivity contribution < 1.29 is 4.79 Å². The van der Waals surface area contributed by atoms with Crippen LogP contribution in [0.3, 0.4) is 0 Å². The molecular weight excluding hydrogens is 366 g/mol. The molecule has 2 amide bonds. The van der Waals surface area contributed by atoms with Crippen molar-refractivity contribution >= 4 is 35.1 Å². The predicted octanol–water partition coefficient (Wildman–Crippen LogP) is 4.26. The Morgan fingerprint density at radius 2 is 1.88 bits per heavy atom. The van der Waals surface area contributed by atoms with Gasteiger partial charge < -0.3 is 15.5 Å². The van der Waals surface area contributed by atoms with E-state index in [1.54, 1.807) is 11.8 Å². The summed E-state index contributed by atoms with van der Waals surface area (Å²) >= 11 is 7.57. The summed E-state index contributed by atoms with van der Waals surface area (Å²) in [5.41, 5.74) is 1.26. The van der Waals surface area contributed by atoms with Gasteiger partial charge in [0.2, 0.25) is 0 Å². The lowest BCUT2D eigenvalue weighted by Gasteiger charge is -2.18. The fraction of sp³-hybridized carbons (Fsp3) is 0.350. The number of carbonyl (C=O) groups is 1. The van der Waals surface area contributed by atoms with E-state index in [0.717, 1.165) is 41.7 Å². The highest BCUT2D eigenvalue weighted by atomic mass is 35.5. The molecule has 0 radical (unpaired) electrons. The van der Waals surface area contributed by atoms with Gasteiger partial charge in [0, 0.05) is 47.5 Å². The van der Waals surface area contributed by atoms with Crippen LogP contribution in [-0.4, -0.2) is 38.0 Å². The second-order valence-corrected chi connectivity index (χ2v) is 7.98. The highest BCUT2D eigenvalue weighted by Crippen LogP contribution is 2.23. The first kappa shape index (κ1) is 18.9. The molecule has 138 valence electrons. The predicted molar refractivity (Wildman–Crippen MR) is 110 cm³/mol. The molecule has 0 bridgehead atoms. The van der Waals surface area contributed by atoms with E-state index < -0.39 is 0 Å². The van der Waals surface area contributed by atoms with Crippen LogP contribution in [0.4, 0.5) is 10.5 Å². The number of nitrogens with zero attached hydrogens (tertiary/aromatic N) is 1. The number of benzene rings is 2. The Labute approximate surface area is 164 Å². The number of thioether (sulfide) groups is 1. The Balaban J connectivity index is 1.29. The number of anilines is 1. The molecule has 1 fully saturated rings. The van der Waals surface area contributed by atoms with Gasteiger partial charge in [-0.05, 0) is 48.7 Å². The maximum atomic E-state index is 11.9. The van der Waals surface area contributed by atoms with E-state index in [1.807, 2.05) is 30.3 Å². The summed E-state index contributed by atoms with van der Waals surface area (Å²) in [7, 11) is 0. The van der Waals surface area contributed by atoms with Crippen LogP contribution < -0.4 is 15.5 Å². The quantitative estimate of drug-likeness (QED) is 0.549. The van der Waals surface area contributed by atoms with E-state index in [9.17, 15) is 4.79 Å². The van der Waals surface area contributed by atoms with E-state index in [1.165, 1.54) is 5.69 Å². The monoisotopic (exact) mass is 389 g/mol. The first-order valence-corrected chi connectivity index (χ1v) is 10.3. The van der Waals surface area contributed by atoms with E-state index in [-0.39, 0.29) is 6.03 Å². The van der Waals surface area contributed by atoms with Crippen molar-refractivity contribution in [3.8, 4) is 0 Å². The summed E-state index contributed by atoms with van der Waals surface area (Å²) in [5, 5.41) is 6.66. The van der Waals surface area contributed by atoms with Crippen molar-refractivity contribution in [1.82, 2.24) is 10.6 Å². The number of rotatable bonds is 7. The van der Waals surface area contributed by atoms with Crippen LogP contribution in [0.2, 0.25) is 5.02 Å². The Hall–Kier alpha value is -1.85. The standard InChI is InChI=1S/C20H24ClN3OS/c21-17-6-8-19(9-7-17)26-13-11-22-20(25)23-14-16-10-12-24(15-16)18-4-2-1-3-5-18/h1-9,16H,10-15H2,(H2,22,23,25). The van der Waals surface area contributed by atoms with Crippen molar-refractivity contribution in [3.05, 3.63) is 59.6 Å². The lowest BCUT2D eigenvalue weighted by atomic mass is 10.1. The van der Waals surface area contributed by atoms with E-state index >= 15 is 0 Å². The molecule has 1 atom stereocenters. The molecule has 1 aliphatic heterocycles. The van der Waals surface area contributed by atoms with Crippen LogP contribution in [0, 0.1) is 5.92 Å². The first-order chi connectivity index (χ1) is 12.7. The van der Waals surface area contributed by atoms with Gasteiger partial charge in [-0.1, -0.05) is 29.8 Å². The molecule has 1 saturated heterocycles. The number of urea groups is 1. The van der Waals surface area contributed by atoms with Gasteiger partial charge in [-0.3, -0.25) is 0 Å². The van der Waals surface area contributed by atoms with Gasteiger partial charge >= 0.3 is 6.03 Å². The molecule has 1 unspecified atom stereocenters. The largest absolute Gasteiger partial charge is 0.371 e. The number of hydrogen-bond acceptors (Lipinski definition) is 3. The normalized spacial score (nSPS) is 16.5. The van der Waals surface area contributed by atoms with Crippen LogP contribution in [0.25, 0.3) is 0 Å². The molecule has 2 aromatic rings. The number of amides is 2. The number of hydrogen-bond donors (Lipinski definition) is 2. The zero-order valence-electron chi connectivity index (χ0n) is 14.7. The first-order valence-electron chi connectivity index (χ1n) is 8.91. The molecule has 26 heavy (non-hydrogen) atoms. The highest BCUT2D eigenvalue weighted by Gasteiger charge is 2.22. The summed E-state index contributed by atoms with van der Waals surface area (Å²) in [5.74, 6) is 1.34. The van der Waals surface area contributed by atoms with Crippen LogP contribution in [0.5, 0.6) is 0 Å². The van der Waals surface area contributed by atoms with Gasteiger partial charge in [0.05, 0.1) is 0 Å². The molecule has 3 rings (SSSR count). The smallest absolute Gasteiger partial charge is 0.314 e. The Kier molecular flexibility index (Phi) is 7.09. The van der Waals surface area contributed by atoms with E-state index in [4.69, 9.17) is 11.6 Å². The Bertz CT molecular complexity index is 696. The van der Waals surface area contributed by atoms with E-state index in [2.05, 4.69) is 39.8 Å². The van der Waals surface area contributed by atoms with Crippen LogP contribution in [-0.2, 0) is 0 Å². The topological polar surface area (TPSA) is 44.4 Å². The number of nitrogens with one attached hydrogen (secondary N) is 2. The third kappa shape index (κ3) is 5.85. The highest BCUT2D eigenvalue weighted by molar-refractivity contribution is 7.99. The molecule has 0 saturated carbocycles. The van der Waals surface area contributed by atoms with Crippen LogP contribution in [0.15, 0.2) is 59.5 Å². The average Bonchev–Trinajstić information content (AvgIpc) is 3.15. The second-order valence-electron chi connectivity index (χ2n) is 6.38. The van der Waals surface area contributed by atoms with Gasteiger partial charge in [-0.25, -0.2) is 4.79 Å². The average molecular weight is 390 g/mol. The van der Waals surface area contributed by atoms with Crippen molar-refractivity contribution in [2.75, 3.05) is 36.8 Å². The maximum absolute atomic E-state index is 11.9. The maximum Gasteiger partial charge on any atom is 0.314 e. The Morgan fingerprint density at radius 3 is 2.65 bits per heavy atom. The molecule has 0 aliphatic carbocycles. The van der Waals surface area contributed by atoms with Crippen LogP contribution >= 0.6 is 23.4 Å². The van der Waals surface area contributed by atoms with Gasteiger partial charge in [0.1, 0.15) is 0 Å². The molecule has 4 nitrogen and oxygen atoms in total. The fourth-order valence-electron chi connectivity index (χ4n) is 3.04. The molecule has 0 spiro atoms.